The lowest BCUT2D eigenvalue weighted by molar-refractivity contribution is -0.129. The van der Waals surface area contributed by atoms with Gasteiger partial charge in [-0.2, -0.15) is 5.26 Å². The van der Waals surface area contributed by atoms with Crippen molar-refractivity contribution in [3.8, 4) is 6.07 Å². The van der Waals surface area contributed by atoms with Crippen molar-refractivity contribution in [3.63, 3.8) is 0 Å². The highest BCUT2D eigenvalue weighted by molar-refractivity contribution is 5.84. The summed E-state index contributed by atoms with van der Waals surface area (Å²) in [4.78, 5) is 12.2. The van der Waals surface area contributed by atoms with Gasteiger partial charge in [0.2, 0.25) is 5.91 Å². The first kappa shape index (κ1) is 12.6. The highest BCUT2D eigenvalue weighted by atomic mass is 16.1. The molecule has 4 aliphatic carbocycles. The van der Waals surface area contributed by atoms with Crippen molar-refractivity contribution in [2.24, 2.45) is 23.0 Å². The molecule has 4 saturated carbocycles. The molecule has 21 heavy (non-hydrogen) atoms. The Morgan fingerprint density at radius 2 is 2.05 bits per heavy atom. The second-order valence-electron chi connectivity index (χ2n) is 6.98. The van der Waals surface area contributed by atoms with Gasteiger partial charge in [0.1, 0.15) is 0 Å². The summed E-state index contributed by atoms with van der Waals surface area (Å²) in [5.74, 6) is 0.356. The topological polar surface area (TPSA) is 66.9 Å². The Morgan fingerprint density at radius 1 is 1.29 bits per heavy atom. The maximum atomic E-state index is 12.2. The molecule has 0 aromatic heterocycles. The maximum Gasteiger partial charge on any atom is 0.224 e. The molecule has 0 saturated heterocycles. The van der Waals surface area contributed by atoms with Crippen LogP contribution in [0.2, 0.25) is 0 Å². The minimum absolute atomic E-state index is 0.0800. The molecule has 2 N–H and O–H groups in total. The van der Waals surface area contributed by atoms with Crippen LogP contribution < -0.4 is 5.73 Å². The van der Waals surface area contributed by atoms with E-state index in [2.05, 4.69) is 30.3 Å². The van der Waals surface area contributed by atoms with Crippen molar-refractivity contribution >= 4 is 5.91 Å². The van der Waals surface area contributed by atoms with Gasteiger partial charge < -0.3 is 5.73 Å². The van der Waals surface area contributed by atoms with E-state index < -0.39 is 5.41 Å². The number of amides is 1. The summed E-state index contributed by atoms with van der Waals surface area (Å²) in [6, 6.07) is 12.7. The molecular weight excluding hydrogens is 260 g/mol. The summed E-state index contributed by atoms with van der Waals surface area (Å²) in [7, 11) is 0. The van der Waals surface area contributed by atoms with Gasteiger partial charge in [-0.1, -0.05) is 35.9 Å². The number of nitrogens with zero attached hydrogens (tertiary/aromatic N) is 1. The Hall–Kier alpha value is -2.08. The quantitative estimate of drug-likeness (QED) is 0.845. The monoisotopic (exact) mass is 278 g/mol. The van der Waals surface area contributed by atoms with E-state index in [-0.39, 0.29) is 17.2 Å². The number of primary amides is 1. The lowest BCUT2D eigenvalue weighted by Crippen LogP contribution is -2.41. The molecule has 1 aromatic rings. The number of nitrogens with two attached hydrogens (primary N) is 1. The fourth-order valence-electron chi connectivity index (χ4n) is 5.48. The molecule has 3 heteroatoms. The molecule has 4 aliphatic rings. The molecule has 1 amide bonds. The lowest BCUT2D eigenvalue weighted by atomic mass is 9.63. The van der Waals surface area contributed by atoms with Crippen molar-refractivity contribution in [3.05, 3.63) is 47.5 Å². The highest BCUT2D eigenvalue weighted by Gasteiger charge is 2.68. The molecule has 4 atom stereocenters. The van der Waals surface area contributed by atoms with E-state index in [0.717, 1.165) is 25.7 Å². The summed E-state index contributed by atoms with van der Waals surface area (Å²) in [5.41, 5.74) is 7.98. The maximum absolute atomic E-state index is 12.2. The third-order valence-electron chi connectivity index (χ3n) is 6.15. The molecule has 0 radical (unpaired) electrons. The van der Waals surface area contributed by atoms with E-state index in [1.54, 1.807) is 6.08 Å². The van der Waals surface area contributed by atoms with Gasteiger partial charge in [-0.15, -0.1) is 0 Å². The van der Waals surface area contributed by atoms with Crippen LogP contribution in [0.3, 0.4) is 0 Å². The van der Waals surface area contributed by atoms with E-state index in [0.29, 0.717) is 5.92 Å². The molecular formula is C18H18N2O. The molecule has 0 spiro atoms. The van der Waals surface area contributed by atoms with Gasteiger partial charge in [0.25, 0.3) is 0 Å². The number of nitriles is 1. The highest BCUT2D eigenvalue weighted by Crippen LogP contribution is 2.72. The van der Waals surface area contributed by atoms with E-state index in [1.807, 2.05) is 6.07 Å². The zero-order chi connectivity index (χ0) is 14.7. The first-order chi connectivity index (χ1) is 10.1. The van der Waals surface area contributed by atoms with Crippen molar-refractivity contribution in [2.75, 3.05) is 0 Å². The lowest BCUT2D eigenvalue weighted by Gasteiger charge is -2.41. The number of hydrogen-bond acceptors (Lipinski definition) is 2. The first-order valence-corrected chi connectivity index (χ1v) is 7.56. The molecule has 4 unspecified atom stereocenters. The fourth-order valence-corrected chi connectivity index (χ4v) is 5.48. The van der Waals surface area contributed by atoms with Crippen LogP contribution in [0, 0.1) is 28.6 Å². The second-order valence-corrected chi connectivity index (χ2v) is 6.98. The van der Waals surface area contributed by atoms with Crippen LogP contribution in [0.5, 0.6) is 0 Å². The van der Waals surface area contributed by atoms with Crippen molar-refractivity contribution in [1.29, 1.82) is 5.26 Å². The number of hydrogen-bond donors (Lipinski definition) is 1. The Bertz CT molecular complexity index is 687. The Morgan fingerprint density at radius 3 is 2.71 bits per heavy atom. The number of carbonyl (C=O) groups excluding carboxylic acids is 1. The predicted octanol–water partition coefficient (Wildman–Crippen LogP) is 2.68. The average Bonchev–Trinajstić information content (AvgIpc) is 2.86. The number of allylic oxidation sites excluding steroid dienone is 2. The van der Waals surface area contributed by atoms with Gasteiger partial charge >= 0.3 is 0 Å². The van der Waals surface area contributed by atoms with Crippen LogP contribution in [0.1, 0.15) is 31.2 Å². The van der Waals surface area contributed by atoms with E-state index in [9.17, 15) is 4.79 Å². The number of rotatable bonds is 2. The summed E-state index contributed by atoms with van der Waals surface area (Å²) < 4.78 is 0. The number of carbonyl (C=O) groups is 1. The summed E-state index contributed by atoms with van der Waals surface area (Å²) in [6.07, 6.45) is 5.39. The molecule has 3 nitrogen and oxygen atoms in total. The zero-order valence-corrected chi connectivity index (χ0v) is 11.9. The summed E-state index contributed by atoms with van der Waals surface area (Å²) in [5, 5.41) is 9.04. The minimum atomic E-state index is -0.415. The normalized spacial score (nSPS) is 41.4. The van der Waals surface area contributed by atoms with Gasteiger partial charge in [-0.25, -0.2) is 0 Å². The first-order valence-electron chi connectivity index (χ1n) is 7.56. The Balaban J connectivity index is 1.85. The van der Waals surface area contributed by atoms with Crippen molar-refractivity contribution < 1.29 is 4.79 Å². The largest absolute Gasteiger partial charge is 0.369 e. The van der Waals surface area contributed by atoms with Gasteiger partial charge in [-0.05, 0) is 48.5 Å². The van der Waals surface area contributed by atoms with Crippen LogP contribution in [-0.2, 0) is 10.2 Å². The van der Waals surface area contributed by atoms with E-state index in [1.165, 1.54) is 11.1 Å². The molecule has 4 fully saturated rings. The molecule has 106 valence electrons. The SMILES string of the molecule is N#C/C=C1/C2CC3(c4ccccc4)CC1C(C(N)=O)(C2)C3. The molecule has 0 aliphatic heterocycles. The zero-order valence-electron chi connectivity index (χ0n) is 11.9. The summed E-state index contributed by atoms with van der Waals surface area (Å²) >= 11 is 0. The van der Waals surface area contributed by atoms with Gasteiger partial charge in [0.05, 0.1) is 11.5 Å². The van der Waals surface area contributed by atoms with Gasteiger partial charge in [-0.3, -0.25) is 4.79 Å². The second kappa shape index (κ2) is 3.98. The van der Waals surface area contributed by atoms with E-state index >= 15 is 0 Å². The Labute approximate surface area is 124 Å². The van der Waals surface area contributed by atoms with Crippen molar-refractivity contribution in [2.45, 2.75) is 31.1 Å². The van der Waals surface area contributed by atoms with Crippen LogP contribution in [0.4, 0.5) is 0 Å². The predicted molar refractivity (Wildman–Crippen MR) is 78.9 cm³/mol. The minimum Gasteiger partial charge on any atom is -0.369 e. The van der Waals surface area contributed by atoms with Crippen LogP contribution in [0.25, 0.3) is 0 Å². The third kappa shape index (κ3) is 1.45. The molecule has 0 heterocycles. The van der Waals surface area contributed by atoms with E-state index in [4.69, 9.17) is 11.0 Å². The Kier molecular flexibility index (Phi) is 2.39. The average molecular weight is 278 g/mol. The van der Waals surface area contributed by atoms with Crippen LogP contribution in [0.15, 0.2) is 42.0 Å². The van der Waals surface area contributed by atoms with Crippen LogP contribution in [-0.4, -0.2) is 5.91 Å². The fraction of sp³-hybridized carbons (Fsp3) is 0.444. The molecule has 5 rings (SSSR count). The number of benzene rings is 1. The smallest absolute Gasteiger partial charge is 0.224 e. The molecule has 1 aromatic carbocycles. The summed E-state index contributed by atoms with van der Waals surface area (Å²) in [6.45, 7) is 0. The standard InChI is InChI=1S/C18H18N2O/c19-7-6-14-12-8-17(13-4-2-1-3-5-13)10-15(14)18(9-12,11-17)16(20)21/h1-6,12,15H,8-11H2,(H2,20,21)/b14-6-. The van der Waals surface area contributed by atoms with Gasteiger partial charge in [0, 0.05) is 6.08 Å². The van der Waals surface area contributed by atoms with Crippen molar-refractivity contribution in [1.82, 2.24) is 0 Å². The van der Waals surface area contributed by atoms with Crippen LogP contribution >= 0.6 is 0 Å². The van der Waals surface area contributed by atoms with Gasteiger partial charge in [0.15, 0.2) is 0 Å². The third-order valence-corrected chi connectivity index (χ3v) is 6.15. The molecule has 4 bridgehead atoms.